The summed E-state index contributed by atoms with van der Waals surface area (Å²) >= 11 is 0. The lowest BCUT2D eigenvalue weighted by Crippen LogP contribution is -2.31. The fraction of sp³-hybridized carbons (Fsp3) is 0.500. The molecule has 0 amide bonds. The molecule has 2 aliphatic rings. The van der Waals surface area contributed by atoms with Crippen LogP contribution in [0.1, 0.15) is 20.3 Å². The van der Waals surface area contributed by atoms with Crippen LogP contribution in [0, 0.1) is 0 Å². The van der Waals surface area contributed by atoms with E-state index in [0.29, 0.717) is 0 Å². The van der Waals surface area contributed by atoms with E-state index in [1.165, 1.54) is 5.57 Å². The first-order valence-corrected chi connectivity index (χ1v) is 5.85. The zero-order valence-electron chi connectivity index (χ0n) is 9.31. The summed E-state index contributed by atoms with van der Waals surface area (Å²) in [6, 6.07) is 0. The SMILES string of the molecule is CC1(C)OC(C2=CCC=CC=C2)CN1P. The van der Waals surface area contributed by atoms with E-state index in [1.807, 2.05) is 0 Å². The van der Waals surface area contributed by atoms with Crippen LogP contribution in [0.4, 0.5) is 0 Å². The average molecular weight is 223 g/mol. The van der Waals surface area contributed by atoms with Crippen molar-refractivity contribution in [1.29, 1.82) is 0 Å². The molecule has 0 N–H and O–H groups in total. The summed E-state index contributed by atoms with van der Waals surface area (Å²) in [5.74, 6) is 0. The van der Waals surface area contributed by atoms with E-state index in [2.05, 4.69) is 58.3 Å². The fourth-order valence-corrected chi connectivity index (χ4v) is 2.11. The van der Waals surface area contributed by atoms with Crippen molar-refractivity contribution >= 4 is 9.39 Å². The van der Waals surface area contributed by atoms with Crippen LogP contribution >= 0.6 is 9.39 Å². The molecule has 0 aromatic heterocycles. The molecular formula is C12H18NOP. The highest BCUT2D eigenvalue weighted by atomic mass is 31.0. The van der Waals surface area contributed by atoms with Gasteiger partial charge >= 0.3 is 0 Å². The molecule has 1 aliphatic carbocycles. The maximum Gasteiger partial charge on any atom is 0.119 e. The number of hydrogen-bond acceptors (Lipinski definition) is 2. The molecule has 2 nitrogen and oxygen atoms in total. The summed E-state index contributed by atoms with van der Waals surface area (Å²) in [5.41, 5.74) is 1.11. The molecule has 0 radical (unpaired) electrons. The lowest BCUT2D eigenvalue weighted by Gasteiger charge is -2.25. The van der Waals surface area contributed by atoms with Gasteiger partial charge in [0.25, 0.3) is 0 Å². The predicted molar refractivity (Wildman–Crippen MR) is 66.3 cm³/mol. The molecular weight excluding hydrogens is 205 g/mol. The van der Waals surface area contributed by atoms with Gasteiger partial charge in [-0.1, -0.05) is 39.8 Å². The minimum absolute atomic E-state index is 0.177. The Kier molecular flexibility index (Phi) is 3.11. The van der Waals surface area contributed by atoms with Crippen molar-refractivity contribution in [2.24, 2.45) is 0 Å². The molecule has 15 heavy (non-hydrogen) atoms. The molecule has 2 rings (SSSR count). The van der Waals surface area contributed by atoms with Crippen LogP contribution in [0.25, 0.3) is 0 Å². The van der Waals surface area contributed by atoms with Crippen LogP contribution in [0.2, 0.25) is 0 Å². The van der Waals surface area contributed by atoms with Gasteiger partial charge in [0, 0.05) is 6.54 Å². The Morgan fingerprint density at radius 2 is 2.27 bits per heavy atom. The Labute approximate surface area is 93.9 Å². The molecule has 1 aliphatic heterocycles. The van der Waals surface area contributed by atoms with E-state index in [1.54, 1.807) is 0 Å². The van der Waals surface area contributed by atoms with Gasteiger partial charge in [-0.2, -0.15) is 0 Å². The van der Waals surface area contributed by atoms with Crippen LogP contribution in [0.15, 0.2) is 36.0 Å². The van der Waals surface area contributed by atoms with Gasteiger partial charge in [0.2, 0.25) is 0 Å². The van der Waals surface area contributed by atoms with E-state index >= 15 is 0 Å². The Balaban J connectivity index is 2.11. The molecule has 0 bridgehead atoms. The minimum Gasteiger partial charge on any atom is -0.351 e. The number of ether oxygens (including phenoxy) is 1. The van der Waals surface area contributed by atoms with Gasteiger partial charge in [-0.3, -0.25) is 4.67 Å². The third-order valence-electron chi connectivity index (χ3n) is 2.88. The van der Waals surface area contributed by atoms with E-state index in [-0.39, 0.29) is 11.8 Å². The Morgan fingerprint density at radius 3 is 2.93 bits per heavy atom. The molecule has 1 heterocycles. The van der Waals surface area contributed by atoms with Crippen LogP contribution in [-0.2, 0) is 4.74 Å². The van der Waals surface area contributed by atoms with E-state index in [0.717, 1.165) is 13.0 Å². The van der Waals surface area contributed by atoms with Crippen LogP contribution in [0.3, 0.4) is 0 Å². The summed E-state index contributed by atoms with van der Waals surface area (Å²) in [6.45, 7) is 5.13. The van der Waals surface area contributed by atoms with Crippen molar-refractivity contribution in [2.75, 3.05) is 6.54 Å². The molecule has 1 saturated heterocycles. The zero-order valence-corrected chi connectivity index (χ0v) is 10.5. The van der Waals surface area contributed by atoms with E-state index < -0.39 is 0 Å². The molecule has 0 aromatic carbocycles. The zero-order chi connectivity index (χ0) is 10.9. The predicted octanol–water partition coefficient (Wildman–Crippen LogP) is 2.66. The highest BCUT2D eigenvalue weighted by Crippen LogP contribution is 2.33. The van der Waals surface area contributed by atoms with Gasteiger partial charge in [-0.05, 0) is 25.8 Å². The molecule has 0 aromatic rings. The second-order valence-corrected chi connectivity index (χ2v) is 5.06. The van der Waals surface area contributed by atoms with Gasteiger partial charge in [0.1, 0.15) is 5.72 Å². The number of rotatable bonds is 1. The quantitative estimate of drug-likeness (QED) is 0.634. The summed E-state index contributed by atoms with van der Waals surface area (Å²) in [7, 11) is 2.74. The van der Waals surface area contributed by atoms with Crippen molar-refractivity contribution in [3.8, 4) is 0 Å². The monoisotopic (exact) mass is 223 g/mol. The first-order valence-electron chi connectivity index (χ1n) is 5.33. The second-order valence-electron chi connectivity index (χ2n) is 4.43. The molecule has 2 atom stereocenters. The minimum atomic E-state index is -0.177. The normalized spacial score (nSPS) is 30.3. The van der Waals surface area contributed by atoms with Crippen molar-refractivity contribution in [1.82, 2.24) is 4.67 Å². The molecule has 82 valence electrons. The third kappa shape index (κ3) is 2.39. The maximum atomic E-state index is 6.01. The molecule has 3 heteroatoms. The van der Waals surface area contributed by atoms with E-state index in [4.69, 9.17) is 4.74 Å². The summed E-state index contributed by atoms with van der Waals surface area (Å²) in [5, 5.41) is 0. The van der Waals surface area contributed by atoms with Crippen LogP contribution in [0.5, 0.6) is 0 Å². The van der Waals surface area contributed by atoms with Crippen molar-refractivity contribution in [3.63, 3.8) is 0 Å². The highest BCUT2D eigenvalue weighted by Gasteiger charge is 2.37. The Hall–Kier alpha value is -0.430. The van der Waals surface area contributed by atoms with Gasteiger partial charge in [0.15, 0.2) is 0 Å². The van der Waals surface area contributed by atoms with Crippen LogP contribution in [-0.4, -0.2) is 23.0 Å². The third-order valence-corrected chi connectivity index (χ3v) is 3.71. The smallest absolute Gasteiger partial charge is 0.119 e. The summed E-state index contributed by atoms with van der Waals surface area (Å²) in [6.07, 6.45) is 11.9. The summed E-state index contributed by atoms with van der Waals surface area (Å²) in [4.78, 5) is 0. The maximum absolute atomic E-state index is 6.01. The van der Waals surface area contributed by atoms with Gasteiger partial charge in [-0.25, -0.2) is 0 Å². The van der Waals surface area contributed by atoms with Gasteiger partial charge in [0.05, 0.1) is 6.10 Å². The Morgan fingerprint density at radius 1 is 1.47 bits per heavy atom. The average Bonchev–Trinajstić information content (AvgIpc) is 2.44. The first-order chi connectivity index (χ1) is 7.09. The van der Waals surface area contributed by atoms with Crippen molar-refractivity contribution in [2.45, 2.75) is 32.1 Å². The molecule has 2 unspecified atom stereocenters. The van der Waals surface area contributed by atoms with Crippen molar-refractivity contribution < 1.29 is 4.74 Å². The summed E-state index contributed by atoms with van der Waals surface area (Å²) < 4.78 is 8.19. The van der Waals surface area contributed by atoms with Crippen molar-refractivity contribution in [3.05, 3.63) is 36.0 Å². The van der Waals surface area contributed by atoms with Crippen LogP contribution < -0.4 is 0 Å². The number of nitrogens with zero attached hydrogens (tertiary/aromatic N) is 1. The number of hydrogen-bond donors (Lipinski definition) is 0. The van der Waals surface area contributed by atoms with Gasteiger partial charge < -0.3 is 4.74 Å². The lowest BCUT2D eigenvalue weighted by molar-refractivity contribution is -0.0356. The Bertz CT molecular complexity index is 331. The highest BCUT2D eigenvalue weighted by molar-refractivity contribution is 7.13. The molecule has 0 spiro atoms. The molecule has 0 saturated carbocycles. The fourth-order valence-electron chi connectivity index (χ4n) is 1.86. The lowest BCUT2D eigenvalue weighted by atomic mass is 10.1. The van der Waals surface area contributed by atoms with E-state index in [9.17, 15) is 0 Å². The molecule has 1 fully saturated rings. The second kappa shape index (κ2) is 4.21. The standard InChI is InChI=1S/C12H18NOP/c1-12(2)13(15)9-11(14-12)10-7-5-3-4-6-8-10/h3-5,7-8,11H,6,9,15H2,1-2H3. The topological polar surface area (TPSA) is 12.5 Å². The largest absolute Gasteiger partial charge is 0.351 e. The first kappa shape index (κ1) is 11.1. The number of allylic oxidation sites excluding steroid dienone is 4. The van der Waals surface area contributed by atoms with Gasteiger partial charge in [-0.15, -0.1) is 0 Å².